The summed E-state index contributed by atoms with van der Waals surface area (Å²) in [5.41, 5.74) is -0.140. The van der Waals surface area contributed by atoms with Gasteiger partial charge in [-0.05, 0) is 12.1 Å². The molecular formula is C10H7F4N5O. The molecule has 0 aromatic carbocycles. The van der Waals surface area contributed by atoms with Crippen molar-refractivity contribution < 1.29 is 22.4 Å². The molecule has 0 bridgehead atoms. The van der Waals surface area contributed by atoms with Crippen LogP contribution in [0.3, 0.4) is 0 Å². The lowest BCUT2D eigenvalue weighted by Gasteiger charge is -2.14. The van der Waals surface area contributed by atoms with Crippen LogP contribution in [0.2, 0.25) is 0 Å². The number of nitrogens with one attached hydrogen (secondary N) is 1. The van der Waals surface area contributed by atoms with E-state index in [-0.39, 0.29) is 5.69 Å². The lowest BCUT2D eigenvalue weighted by Crippen LogP contribution is -2.41. The van der Waals surface area contributed by atoms with Gasteiger partial charge in [0, 0.05) is 0 Å². The van der Waals surface area contributed by atoms with Crippen LogP contribution >= 0.6 is 0 Å². The third-order valence-corrected chi connectivity index (χ3v) is 2.24. The zero-order valence-corrected chi connectivity index (χ0v) is 9.67. The van der Waals surface area contributed by atoms with Gasteiger partial charge in [0.25, 0.3) is 0 Å². The van der Waals surface area contributed by atoms with Crippen LogP contribution in [0.25, 0.3) is 5.82 Å². The van der Waals surface area contributed by atoms with Crippen molar-refractivity contribution in [2.75, 3.05) is 5.32 Å². The van der Waals surface area contributed by atoms with Gasteiger partial charge in [-0.25, -0.2) is 23.4 Å². The van der Waals surface area contributed by atoms with Crippen LogP contribution in [0.1, 0.15) is 0 Å². The van der Waals surface area contributed by atoms with E-state index < -0.39 is 18.3 Å². The Morgan fingerprint density at radius 2 is 2.10 bits per heavy atom. The predicted molar refractivity (Wildman–Crippen MR) is 58.7 cm³/mol. The summed E-state index contributed by atoms with van der Waals surface area (Å²) in [4.78, 5) is 18.5. The largest absolute Gasteiger partial charge is 0.383 e. The first kappa shape index (κ1) is 13.9. The van der Waals surface area contributed by atoms with Crippen molar-refractivity contribution in [2.45, 2.75) is 12.3 Å². The molecule has 6 nitrogen and oxygen atoms in total. The van der Waals surface area contributed by atoms with E-state index in [4.69, 9.17) is 0 Å². The Morgan fingerprint density at radius 1 is 1.35 bits per heavy atom. The highest BCUT2D eigenvalue weighted by atomic mass is 19.3. The molecule has 2 heterocycles. The minimum atomic E-state index is -4.76. The van der Waals surface area contributed by atoms with Crippen molar-refractivity contribution in [2.24, 2.45) is 0 Å². The standard InChI is InChI=1S/C10H7F4N5O/c11-8(12)10(13,14)9(20)18-6-1-2-7(16-3-6)19-5-15-4-17-19/h1-5,8H,(H,18,20). The molecule has 20 heavy (non-hydrogen) atoms. The molecule has 0 spiro atoms. The summed E-state index contributed by atoms with van der Waals surface area (Å²) in [6.07, 6.45) is -0.424. The summed E-state index contributed by atoms with van der Waals surface area (Å²) in [6.45, 7) is 0. The fraction of sp³-hybridized carbons (Fsp3) is 0.200. The van der Waals surface area contributed by atoms with Crippen molar-refractivity contribution in [1.29, 1.82) is 0 Å². The van der Waals surface area contributed by atoms with Crippen LogP contribution in [-0.2, 0) is 4.79 Å². The monoisotopic (exact) mass is 289 g/mol. The number of carbonyl (C=O) groups excluding carboxylic acids is 1. The summed E-state index contributed by atoms with van der Waals surface area (Å²) in [5.74, 6) is -6.53. The third-order valence-electron chi connectivity index (χ3n) is 2.24. The number of amides is 1. The Labute approximate surface area is 109 Å². The first-order chi connectivity index (χ1) is 9.41. The molecule has 0 saturated heterocycles. The number of pyridine rings is 1. The summed E-state index contributed by atoms with van der Waals surface area (Å²) < 4.78 is 50.7. The van der Waals surface area contributed by atoms with Gasteiger partial charge in [-0.3, -0.25) is 4.79 Å². The molecule has 0 saturated carbocycles. The van der Waals surface area contributed by atoms with Gasteiger partial charge < -0.3 is 5.32 Å². The van der Waals surface area contributed by atoms with E-state index in [9.17, 15) is 22.4 Å². The van der Waals surface area contributed by atoms with Crippen molar-refractivity contribution in [3.05, 3.63) is 31.0 Å². The predicted octanol–water partition coefficient (Wildman–Crippen LogP) is 1.50. The molecule has 0 atom stereocenters. The van der Waals surface area contributed by atoms with Crippen LogP contribution in [0.15, 0.2) is 31.0 Å². The molecular weight excluding hydrogens is 282 g/mol. The van der Waals surface area contributed by atoms with Gasteiger partial charge in [0.05, 0.1) is 11.9 Å². The maximum absolute atomic E-state index is 12.7. The molecule has 106 valence electrons. The maximum atomic E-state index is 12.7. The van der Waals surface area contributed by atoms with Gasteiger partial charge in [0.2, 0.25) is 0 Å². The molecule has 0 aliphatic heterocycles. The lowest BCUT2D eigenvalue weighted by atomic mass is 10.3. The SMILES string of the molecule is O=C(Nc1ccc(-n2cncn2)nc1)C(F)(F)C(F)F. The Kier molecular flexibility index (Phi) is 3.63. The normalized spacial score (nSPS) is 11.7. The van der Waals surface area contributed by atoms with Gasteiger partial charge in [-0.15, -0.1) is 0 Å². The van der Waals surface area contributed by atoms with Crippen LogP contribution in [-0.4, -0.2) is 38.0 Å². The Hall–Kier alpha value is -2.52. The summed E-state index contributed by atoms with van der Waals surface area (Å²) >= 11 is 0. The number of carbonyl (C=O) groups is 1. The van der Waals surface area contributed by atoms with Gasteiger partial charge in [0.15, 0.2) is 5.82 Å². The second-order valence-corrected chi connectivity index (χ2v) is 3.62. The van der Waals surface area contributed by atoms with Gasteiger partial charge >= 0.3 is 18.3 Å². The number of anilines is 1. The highest BCUT2D eigenvalue weighted by Crippen LogP contribution is 2.24. The smallest absolute Gasteiger partial charge is 0.319 e. The van der Waals surface area contributed by atoms with Gasteiger partial charge in [-0.2, -0.15) is 13.9 Å². The van der Waals surface area contributed by atoms with Crippen LogP contribution in [0, 0.1) is 0 Å². The average Bonchev–Trinajstić information content (AvgIpc) is 2.93. The van der Waals surface area contributed by atoms with Gasteiger partial charge in [0.1, 0.15) is 12.7 Å². The molecule has 0 aliphatic rings. The molecule has 2 rings (SSSR count). The van der Waals surface area contributed by atoms with Crippen molar-refractivity contribution >= 4 is 11.6 Å². The number of hydrogen-bond donors (Lipinski definition) is 1. The van der Waals surface area contributed by atoms with Crippen LogP contribution in [0.5, 0.6) is 0 Å². The van der Waals surface area contributed by atoms with Crippen LogP contribution in [0.4, 0.5) is 23.2 Å². The molecule has 0 aliphatic carbocycles. The molecule has 2 aromatic rings. The van der Waals surface area contributed by atoms with E-state index in [2.05, 4.69) is 15.1 Å². The highest BCUT2D eigenvalue weighted by molar-refractivity contribution is 5.96. The zero-order chi connectivity index (χ0) is 14.8. The van der Waals surface area contributed by atoms with E-state index >= 15 is 0 Å². The number of alkyl halides is 4. The van der Waals surface area contributed by atoms with E-state index in [0.29, 0.717) is 5.82 Å². The topological polar surface area (TPSA) is 72.7 Å². The fourth-order valence-electron chi connectivity index (χ4n) is 1.24. The average molecular weight is 289 g/mol. The number of hydrogen-bond acceptors (Lipinski definition) is 4. The van der Waals surface area contributed by atoms with E-state index in [0.717, 1.165) is 6.20 Å². The fourth-order valence-corrected chi connectivity index (χ4v) is 1.24. The van der Waals surface area contributed by atoms with Crippen molar-refractivity contribution in [3.8, 4) is 5.82 Å². The number of halogens is 4. The van der Waals surface area contributed by atoms with E-state index in [1.807, 2.05) is 0 Å². The second kappa shape index (κ2) is 5.23. The summed E-state index contributed by atoms with van der Waals surface area (Å²) in [6, 6.07) is 2.58. The summed E-state index contributed by atoms with van der Waals surface area (Å²) in [7, 11) is 0. The molecule has 1 N–H and O–H groups in total. The quantitative estimate of drug-likeness (QED) is 0.866. The number of aromatic nitrogens is 4. The molecule has 1 amide bonds. The molecule has 0 unspecified atom stereocenters. The Morgan fingerprint density at radius 3 is 2.60 bits per heavy atom. The molecule has 0 fully saturated rings. The molecule has 2 aromatic heterocycles. The maximum Gasteiger partial charge on any atom is 0.383 e. The first-order valence-electron chi connectivity index (χ1n) is 5.19. The van der Waals surface area contributed by atoms with Crippen LogP contribution < -0.4 is 5.32 Å². The van der Waals surface area contributed by atoms with E-state index in [1.54, 1.807) is 5.32 Å². The molecule has 0 radical (unpaired) electrons. The highest BCUT2D eigenvalue weighted by Gasteiger charge is 2.48. The Bertz CT molecular complexity index is 584. The Balaban J connectivity index is 2.10. The second-order valence-electron chi connectivity index (χ2n) is 3.62. The van der Waals surface area contributed by atoms with Crippen molar-refractivity contribution in [3.63, 3.8) is 0 Å². The zero-order valence-electron chi connectivity index (χ0n) is 9.67. The third kappa shape index (κ3) is 2.73. The van der Waals surface area contributed by atoms with Gasteiger partial charge in [-0.1, -0.05) is 0 Å². The minimum Gasteiger partial charge on any atom is -0.319 e. The number of rotatable bonds is 4. The first-order valence-corrected chi connectivity index (χ1v) is 5.19. The minimum absolute atomic E-state index is 0.140. The lowest BCUT2D eigenvalue weighted by molar-refractivity contribution is -0.163. The van der Waals surface area contributed by atoms with Crippen molar-refractivity contribution in [1.82, 2.24) is 19.7 Å². The van der Waals surface area contributed by atoms with E-state index in [1.165, 1.54) is 29.5 Å². The number of nitrogens with zero attached hydrogens (tertiary/aromatic N) is 4. The molecule has 10 heteroatoms. The summed E-state index contributed by atoms with van der Waals surface area (Å²) in [5, 5.41) is 5.44.